The molecule has 1 aliphatic carbocycles. The van der Waals surface area contributed by atoms with Crippen LogP contribution in [0.3, 0.4) is 0 Å². The van der Waals surface area contributed by atoms with Crippen LogP contribution in [0.1, 0.15) is 24.8 Å². The van der Waals surface area contributed by atoms with Gasteiger partial charge in [0, 0.05) is 18.4 Å². The molecule has 0 radical (unpaired) electrons. The zero-order valence-electron chi connectivity index (χ0n) is 7.27. The van der Waals surface area contributed by atoms with Crippen LogP contribution < -0.4 is 5.73 Å². The second-order valence-electron chi connectivity index (χ2n) is 3.65. The van der Waals surface area contributed by atoms with E-state index in [4.69, 9.17) is 5.73 Å². The molecule has 0 aliphatic heterocycles. The summed E-state index contributed by atoms with van der Waals surface area (Å²) >= 11 is 0. The lowest BCUT2D eigenvalue weighted by Gasteiger charge is -2.02. The third-order valence-electron chi connectivity index (χ3n) is 2.63. The summed E-state index contributed by atoms with van der Waals surface area (Å²) in [4.78, 5) is 4.10. The first-order valence-corrected chi connectivity index (χ1v) is 4.44. The molecule has 2 nitrogen and oxygen atoms in total. The SMILES string of the molecule is C[C@@H](N)[C@H]1C[C@@H]1c1cccnc1. The summed E-state index contributed by atoms with van der Waals surface area (Å²) in [5.41, 5.74) is 7.15. The fourth-order valence-electron chi connectivity index (χ4n) is 1.77. The molecule has 1 fully saturated rings. The Kier molecular flexibility index (Phi) is 1.85. The molecule has 0 saturated heterocycles. The molecular formula is C10H14N2. The Morgan fingerprint density at radius 3 is 3.00 bits per heavy atom. The molecule has 2 N–H and O–H groups in total. The molecule has 2 heteroatoms. The minimum absolute atomic E-state index is 0.329. The van der Waals surface area contributed by atoms with Crippen LogP contribution in [-0.2, 0) is 0 Å². The third kappa shape index (κ3) is 1.34. The van der Waals surface area contributed by atoms with Gasteiger partial charge in [-0.1, -0.05) is 6.07 Å². The molecule has 0 spiro atoms. The quantitative estimate of drug-likeness (QED) is 0.716. The van der Waals surface area contributed by atoms with E-state index in [9.17, 15) is 0 Å². The first-order valence-electron chi connectivity index (χ1n) is 4.44. The maximum atomic E-state index is 5.81. The highest BCUT2D eigenvalue weighted by Crippen LogP contribution is 2.48. The Labute approximate surface area is 72.8 Å². The van der Waals surface area contributed by atoms with Crippen molar-refractivity contribution < 1.29 is 0 Å². The van der Waals surface area contributed by atoms with Crippen LogP contribution in [0.2, 0.25) is 0 Å². The van der Waals surface area contributed by atoms with Crippen molar-refractivity contribution in [2.24, 2.45) is 11.7 Å². The van der Waals surface area contributed by atoms with Crippen molar-refractivity contribution in [1.82, 2.24) is 4.98 Å². The fourth-order valence-corrected chi connectivity index (χ4v) is 1.77. The predicted octanol–water partition coefficient (Wildman–Crippen LogP) is 1.53. The second kappa shape index (κ2) is 2.87. The fraction of sp³-hybridized carbons (Fsp3) is 0.500. The van der Waals surface area contributed by atoms with Crippen molar-refractivity contribution in [2.45, 2.75) is 25.3 Å². The van der Waals surface area contributed by atoms with Gasteiger partial charge in [-0.05, 0) is 36.8 Å². The van der Waals surface area contributed by atoms with Crippen LogP contribution in [0.15, 0.2) is 24.5 Å². The minimum atomic E-state index is 0.329. The molecule has 1 aromatic heterocycles. The van der Waals surface area contributed by atoms with Gasteiger partial charge >= 0.3 is 0 Å². The van der Waals surface area contributed by atoms with Crippen LogP contribution >= 0.6 is 0 Å². The topological polar surface area (TPSA) is 38.9 Å². The summed E-state index contributed by atoms with van der Waals surface area (Å²) in [6.45, 7) is 2.08. The van der Waals surface area contributed by atoms with Gasteiger partial charge in [0.05, 0.1) is 0 Å². The van der Waals surface area contributed by atoms with Gasteiger partial charge in [0.1, 0.15) is 0 Å². The number of hydrogen-bond donors (Lipinski definition) is 1. The zero-order chi connectivity index (χ0) is 8.55. The van der Waals surface area contributed by atoms with E-state index in [0.29, 0.717) is 17.9 Å². The Morgan fingerprint density at radius 2 is 2.50 bits per heavy atom. The molecule has 0 aromatic carbocycles. The minimum Gasteiger partial charge on any atom is -0.328 e. The second-order valence-corrected chi connectivity index (χ2v) is 3.65. The summed E-state index contributed by atoms with van der Waals surface area (Å²) in [7, 11) is 0. The van der Waals surface area contributed by atoms with E-state index < -0.39 is 0 Å². The van der Waals surface area contributed by atoms with E-state index >= 15 is 0 Å². The maximum absolute atomic E-state index is 5.81. The predicted molar refractivity (Wildman–Crippen MR) is 48.7 cm³/mol. The first-order chi connectivity index (χ1) is 5.79. The van der Waals surface area contributed by atoms with Crippen molar-refractivity contribution in [1.29, 1.82) is 0 Å². The molecule has 1 aliphatic rings. The zero-order valence-corrected chi connectivity index (χ0v) is 7.27. The van der Waals surface area contributed by atoms with Crippen LogP contribution in [-0.4, -0.2) is 11.0 Å². The Hall–Kier alpha value is -0.890. The Bertz CT molecular complexity index is 256. The summed E-state index contributed by atoms with van der Waals surface area (Å²) < 4.78 is 0. The van der Waals surface area contributed by atoms with Crippen molar-refractivity contribution in [3.63, 3.8) is 0 Å². The van der Waals surface area contributed by atoms with Crippen LogP contribution in [0, 0.1) is 5.92 Å². The number of nitrogens with two attached hydrogens (primary N) is 1. The van der Waals surface area contributed by atoms with Gasteiger partial charge in [-0.3, -0.25) is 4.98 Å². The van der Waals surface area contributed by atoms with E-state index in [0.717, 1.165) is 0 Å². The van der Waals surface area contributed by atoms with Gasteiger partial charge < -0.3 is 5.73 Å². The number of pyridine rings is 1. The summed E-state index contributed by atoms with van der Waals surface area (Å²) in [5.74, 6) is 1.37. The highest BCUT2D eigenvalue weighted by Gasteiger charge is 2.40. The molecule has 2 rings (SSSR count). The van der Waals surface area contributed by atoms with Crippen molar-refractivity contribution in [3.8, 4) is 0 Å². The molecule has 0 unspecified atom stereocenters. The van der Waals surface area contributed by atoms with Crippen LogP contribution in [0.4, 0.5) is 0 Å². The number of aromatic nitrogens is 1. The summed E-state index contributed by atoms with van der Waals surface area (Å²) in [6, 6.07) is 4.46. The standard InChI is InChI=1S/C10H14N2/c1-7(11)9-5-10(9)8-3-2-4-12-6-8/h2-4,6-7,9-10H,5,11H2,1H3/t7-,9-,10-/m1/s1. The normalized spacial score (nSPS) is 29.8. The van der Waals surface area contributed by atoms with E-state index in [1.165, 1.54) is 12.0 Å². The summed E-state index contributed by atoms with van der Waals surface area (Å²) in [6.07, 6.45) is 5.00. The molecule has 0 bridgehead atoms. The first kappa shape index (κ1) is 7.74. The largest absolute Gasteiger partial charge is 0.328 e. The molecule has 3 atom stereocenters. The number of hydrogen-bond acceptors (Lipinski definition) is 2. The van der Waals surface area contributed by atoms with Gasteiger partial charge in [-0.15, -0.1) is 0 Å². The number of rotatable bonds is 2. The van der Waals surface area contributed by atoms with E-state index in [2.05, 4.69) is 18.0 Å². The lowest BCUT2D eigenvalue weighted by molar-refractivity contribution is 0.631. The van der Waals surface area contributed by atoms with Crippen LogP contribution in [0.25, 0.3) is 0 Å². The highest BCUT2D eigenvalue weighted by molar-refractivity contribution is 5.23. The van der Waals surface area contributed by atoms with Crippen molar-refractivity contribution in [2.75, 3.05) is 0 Å². The monoisotopic (exact) mass is 162 g/mol. The molecule has 1 aromatic rings. The molecule has 1 saturated carbocycles. The van der Waals surface area contributed by atoms with Gasteiger partial charge in [-0.2, -0.15) is 0 Å². The molecule has 64 valence electrons. The van der Waals surface area contributed by atoms with Crippen LogP contribution in [0.5, 0.6) is 0 Å². The Balaban J connectivity index is 2.06. The summed E-state index contributed by atoms with van der Waals surface area (Å²) in [5, 5.41) is 0. The lowest BCUT2D eigenvalue weighted by Crippen LogP contribution is -2.17. The lowest BCUT2D eigenvalue weighted by atomic mass is 10.1. The third-order valence-corrected chi connectivity index (χ3v) is 2.63. The van der Waals surface area contributed by atoms with Crippen molar-refractivity contribution >= 4 is 0 Å². The number of nitrogens with zero attached hydrogens (tertiary/aromatic N) is 1. The smallest absolute Gasteiger partial charge is 0.0302 e. The van der Waals surface area contributed by atoms with E-state index in [-0.39, 0.29) is 0 Å². The van der Waals surface area contributed by atoms with E-state index in [1.807, 2.05) is 18.5 Å². The average molecular weight is 162 g/mol. The van der Waals surface area contributed by atoms with Gasteiger partial charge in [0.25, 0.3) is 0 Å². The molecule has 1 heterocycles. The highest BCUT2D eigenvalue weighted by atomic mass is 14.7. The maximum Gasteiger partial charge on any atom is 0.0302 e. The Morgan fingerprint density at radius 1 is 1.67 bits per heavy atom. The molecule has 0 amide bonds. The molecular weight excluding hydrogens is 148 g/mol. The molecule has 12 heavy (non-hydrogen) atoms. The van der Waals surface area contributed by atoms with Gasteiger partial charge in [0.2, 0.25) is 0 Å². The average Bonchev–Trinajstić information content (AvgIpc) is 2.84. The van der Waals surface area contributed by atoms with Crippen molar-refractivity contribution in [3.05, 3.63) is 30.1 Å². The van der Waals surface area contributed by atoms with Gasteiger partial charge in [0.15, 0.2) is 0 Å². The van der Waals surface area contributed by atoms with Gasteiger partial charge in [-0.25, -0.2) is 0 Å². The van der Waals surface area contributed by atoms with E-state index in [1.54, 1.807) is 0 Å².